The Bertz CT molecular complexity index is 160. The molecule has 4 heteroatoms. The second-order valence-electron chi connectivity index (χ2n) is 2.74. The minimum absolute atomic E-state index is 0.198. The first-order valence-corrected chi connectivity index (χ1v) is 4.19. The van der Waals surface area contributed by atoms with Gasteiger partial charge >= 0.3 is 5.97 Å². The van der Waals surface area contributed by atoms with Crippen LogP contribution in [0.4, 0.5) is 0 Å². The van der Waals surface area contributed by atoms with Crippen molar-refractivity contribution in [1.82, 2.24) is 4.90 Å². The summed E-state index contributed by atoms with van der Waals surface area (Å²) in [5.74, 6) is -0.198. The summed E-state index contributed by atoms with van der Waals surface area (Å²) < 4.78 is 9.86. The van der Waals surface area contributed by atoms with Crippen molar-refractivity contribution in [2.75, 3.05) is 33.4 Å². The van der Waals surface area contributed by atoms with Crippen LogP contribution in [0.3, 0.4) is 0 Å². The molecule has 1 atom stereocenters. The van der Waals surface area contributed by atoms with Crippen molar-refractivity contribution in [2.45, 2.75) is 13.0 Å². The number of carbonyl (C=O) groups excluding carboxylic acids is 1. The quantitative estimate of drug-likeness (QED) is 0.546. The molecular formula is C8H15NO3. The second kappa shape index (κ2) is 4.42. The van der Waals surface area contributed by atoms with Gasteiger partial charge in [-0.25, -0.2) is 0 Å². The van der Waals surface area contributed by atoms with Crippen LogP contribution in [0.5, 0.6) is 0 Å². The number of hydrogen-bond acceptors (Lipinski definition) is 4. The summed E-state index contributed by atoms with van der Waals surface area (Å²) in [6.45, 7) is 4.88. The van der Waals surface area contributed by atoms with Crippen molar-refractivity contribution < 1.29 is 14.3 Å². The number of hydrogen-bond donors (Lipinski definition) is 0. The zero-order chi connectivity index (χ0) is 8.97. The summed E-state index contributed by atoms with van der Waals surface area (Å²) in [7, 11) is 1.41. The van der Waals surface area contributed by atoms with Crippen LogP contribution < -0.4 is 0 Å². The van der Waals surface area contributed by atoms with E-state index in [0.29, 0.717) is 13.2 Å². The predicted octanol–water partition coefficient (Wildman–Crippen LogP) is -0.120. The summed E-state index contributed by atoms with van der Waals surface area (Å²) in [6.07, 6.45) is 0. The van der Waals surface area contributed by atoms with E-state index in [2.05, 4.69) is 9.64 Å². The number of ether oxygens (including phenoxy) is 2. The molecule has 1 aliphatic rings. The van der Waals surface area contributed by atoms with Crippen LogP contribution in [0, 0.1) is 0 Å². The van der Waals surface area contributed by atoms with Crippen molar-refractivity contribution >= 4 is 5.97 Å². The number of esters is 1. The van der Waals surface area contributed by atoms with Gasteiger partial charge in [0.2, 0.25) is 0 Å². The van der Waals surface area contributed by atoms with Gasteiger partial charge in [0.15, 0.2) is 0 Å². The third-order valence-corrected chi connectivity index (χ3v) is 2.12. The van der Waals surface area contributed by atoms with Crippen molar-refractivity contribution in [3.05, 3.63) is 0 Å². The Balaban J connectivity index is 2.52. The van der Waals surface area contributed by atoms with Gasteiger partial charge in [0.05, 0.1) is 20.3 Å². The summed E-state index contributed by atoms with van der Waals surface area (Å²) in [6, 6.07) is -0.200. The molecule has 70 valence electrons. The maximum absolute atomic E-state index is 11.2. The van der Waals surface area contributed by atoms with E-state index in [1.165, 1.54) is 7.11 Å². The topological polar surface area (TPSA) is 38.8 Å². The molecule has 0 bridgehead atoms. The van der Waals surface area contributed by atoms with Crippen LogP contribution in [0.25, 0.3) is 0 Å². The maximum atomic E-state index is 11.2. The first-order chi connectivity index (χ1) is 5.79. The Morgan fingerprint density at radius 1 is 1.75 bits per heavy atom. The molecule has 1 fully saturated rings. The molecule has 1 aliphatic heterocycles. The maximum Gasteiger partial charge on any atom is 0.325 e. The summed E-state index contributed by atoms with van der Waals surface area (Å²) in [5.41, 5.74) is 0. The smallest absolute Gasteiger partial charge is 0.325 e. The summed E-state index contributed by atoms with van der Waals surface area (Å²) in [5, 5.41) is 0. The molecule has 0 aromatic carbocycles. The number of morpholine rings is 1. The molecule has 0 radical (unpaired) electrons. The van der Waals surface area contributed by atoms with Gasteiger partial charge in [-0.2, -0.15) is 0 Å². The molecule has 4 nitrogen and oxygen atoms in total. The molecule has 1 saturated heterocycles. The van der Waals surface area contributed by atoms with Gasteiger partial charge in [-0.05, 0) is 6.54 Å². The number of nitrogens with zero attached hydrogens (tertiary/aromatic N) is 1. The molecule has 0 saturated carbocycles. The van der Waals surface area contributed by atoms with Gasteiger partial charge < -0.3 is 9.47 Å². The Morgan fingerprint density at radius 2 is 2.50 bits per heavy atom. The van der Waals surface area contributed by atoms with Gasteiger partial charge in [-0.1, -0.05) is 6.92 Å². The van der Waals surface area contributed by atoms with E-state index in [1.807, 2.05) is 6.92 Å². The number of rotatable bonds is 2. The standard InChI is InChI=1S/C8H15NO3/c1-3-9-4-5-12-6-7(9)8(10)11-2/h7H,3-6H2,1-2H3/t7-/m1/s1. The fourth-order valence-electron chi connectivity index (χ4n) is 1.37. The fourth-order valence-corrected chi connectivity index (χ4v) is 1.37. The molecule has 0 aliphatic carbocycles. The van der Waals surface area contributed by atoms with Crippen LogP contribution >= 0.6 is 0 Å². The average molecular weight is 173 g/mol. The summed E-state index contributed by atoms with van der Waals surface area (Å²) in [4.78, 5) is 13.3. The highest BCUT2D eigenvalue weighted by Crippen LogP contribution is 2.07. The SMILES string of the molecule is CCN1CCOC[C@@H]1C(=O)OC. The molecule has 0 aromatic rings. The summed E-state index contributed by atoms with van der Waals surface area (Å²) >= 11 is 0. The highest BCUT2D eigenvalue weighted by atomic mass is 16.5. The van der Waals surface area contributed by atoms with Gasteiger partial charge in [0.1, 0.15) is 6.04 Å². The van der Waals surface area contributed by atoms with E-state index in [9.17, 15) is 4.79 Å². The minimum Gasteiger partial charge on any atom is -0.468 e. The monoisotopic (exact) mass is 173 g/mol. The molecule has 1 rings (SSSR count). The largest absolute Gasteiger partial charge is 0.468 e. The zero-order valence-electron chi connectivity index (χ0n) is 7.58. The molecule has 12 heavy (non-hydrogen) atoms. The first kappa shape index (κ1) is 9.48. The van der Waals surface area contributed by atoms with Gasteiger partial charge in [0, 0.05) is 6.54 Å². The van der Waals surface area contributed by atoms with Crippen molar-refractivity contribution in [1.29, 1.82) is 0 Å². The molecular weight excluding hydrogens is 158 g/mol. The molecule has 0 aromatic heterocycles. The highest BCUT2D eigenvalue weighted by Gasteiger charge is 2.28. The van der Waals surface area contributed by atoms with Crippen LogP contribution in [0.15, 0.2) is 0 Å². The van der Waals surface area contributed by atoms with Gasteiger partial charge in [0.25, 0.3) is 0 Å². The van der Waals surface area contributed by atoms with E-state index >= 15 is 0 Å². The third kappa shape index (κ3) is 1.95. The molecule has 0 spiro atoms. The Hall–Kier alpha value is -0.610. The van der Waals surface area contributed by atoms with Crippen LogP contribution in [0.1, 0.15) is 6.92 Å². The third-order valence-electron chi connectivity index (χ3n) is 2.12. The van der Waals surface area contributed by atoms with Crippen LogP contribution in [0.2, 0.25) is 0 Å². The molecule has 0 amide bonds. The predicted molar refractivity (Wildman–Crippen MR) is 43.9 cm³/mol. The van der Waals surface area contributed by atoms with E-state index in [-0.39, 0.29) is 12.0 Å². The second-order valence-corrected chi connectivity index (χ2v) is 2.74. The van der Waals surface area contributed by atoms with Crippen molar-refractivity contribution in [3.8, 4) is 0 Å². The van der Waals surface area contributed by atoms with Crippen LogP contribution in [-0.4, -0.2) is 50.3 Å². The lowest BCUT2D eigenvalue weighted by Gasteiger charge is -2.32. The highest BCUT2D eigenvalue weighted by molar-refractivity contribution is 5.75. The van der Waals surface area contributed by atoms with Gasteiger partial charge in [-0.15, -0.1) is 0 Å². The Kier molecular flexibility index (Phi) is 3.49. The van der Waals surface area contributed by atoms with E-state index in [0.717, 1.165) is 13.1 Å². The first-order valence-electron chi connectivity index (χ1n) is 4.19. The molecule has 1 heterocycles. The Morgan fingerprint density at radius 3 is 3.08 bits per heavy atom. The zero-order valence-corrected chi connectivity index (χ0v) is 7.58. The fraction of sp³-hybridized carbons (Fsp3) is 0.875. The minimum atomic E-state index is -0.200. The lowest BCUT2D eigenvalue weighted by molar-refractivity contribution is -0.153. The average Bonchev–Trinajstić information content (AvgIpc) is 2.16. The van der Waals surface area contributed by atoms with Crippen molar-refractivity contribution in [3.63, 3.8) is 0 Å². The lowest BCUT2D eigenvalue weighted by atomic mass is 10.2. The normalized spacial score (nSPS) is 25.3. The molecule has 0 unspecified atom stereocenters. The number of carbonyl (C=O) groups is 1. The van der Waals surface area contributed by atoms with Crippen LogP contribution in [-0.2, 0) is 14.3 Å². The number of methoxy groups -OCH3 is 1. The van der Waals surface area contributed by atoms with E-state index < -0.39 is 0 Å². The molecule has 0 N–H and O–H groups in total. The van der Waals surface area contributed by atoms with Gasteiger partial charge in [-0.3, -0.25) is 9.69 Å². The lowest BCUT2D eigenvalue weighted by Crippen LogP contribution is -2.50. The Labute approximate surface area is 72.4 Å². The van der Waals surface area contributed by atoms with E-state index in [4.69, 9.17) is 4.74 Å². The number of likely N-dealkylation sites (N-methyl/N-ethyl adjacent to an activating group) is 1. The van der Waals surface area contributed by atoms with Crippen molar-refractivity contribution in [2.24, 2.45) is 0 Å². The van der Waals surface area contributed by atoms with E-state index in [1.54, 1.807) is 0 Å².